The predicted molar refractivity (Wildman–Crippen MR) is 100 cm³/mol. The van der Waals surface area contributed by atoms with Gasteiger partial charge in [0, 0.05) is 23.2 Å². The van der Waals surface area contributed by atoms with E-state index >= 15 is 0 Å². The Morgan fingerprint density at radius 2 is 1.81 bits per heavy atom. The Morgan fingerprint density at radius 3 is 2.42 bits per heavy atom. The Labute approximate surface area is 152 Å². The summed E-state index contributed by atoms with van der Waals surface area (Å²) < 4.78 is 28.2. The molecule has 0 aliphatic rings. The van der Waals surface area contributed by atoms with Gasteiger partial charge >= 0.3 is 0 Å². The second kappa shape index (κ2) is 6.84. The number of aromatic amines is 1. The van der Waals surface area contributed by atoms with Crippen LogP contribution in [0.15, 0.2) is 53.4 Å². The fraction of sp³-hybridized carbons (Fsp3) is 0.211. The topological polar surface area (TPSA) is 88.3 Å². The molecule has 0 aliphatic heterocycles. The van der Waals surface area contributed by atoms with Crippen molar-refractivity contribution < 1.29 is 17.9 Å². The molecule has 7 heteroatoms. The number of methoxy groups -OCH3 is 1. The largest absolute Gasteiger partial charge is 0.497 e. The van der Waals surface area contributed by atoms with E-state index in [0.717, 1.165) is 22.7 Å². The van der Waals surface area contributed by atoms with Gasteiger partial charge < -0.3 is 15.0 Å². The zero-order valence-electron chi connectivity index (χ0n) is 14.7. The number of fused-ring (bicyclic) bond motifs is 1. The van der Waals surface area contributed by atoms with Crippen molar-refractivity contribution in [1.82, 2.24) is 10.3 Å². The van der Waals surface area contributed by atoms with Gasteiger partial charge in [0.05, 0.1) is 18.0 Å². The molecule has 3 rings (SSSR count). The molecule has 3 aromatic rings. The molecule has 2 N–H and O–H groups in total. The molecule has 0 fully saturated rings. The van der Waals surface area contributed by atoms with Crippen LogP contribution in [0.3, 0.4) is 0 Å². The van der Waals surface area contributed by atoms with E-state index < -0.39 is 9.84 Å². The normalized spacial score (nSPS) is 12.7. The third kappa shape index (κ3) is 3.72. The summed E-state index contributed by atoms with van der Waals surface area (Å²) in [7, 11) is -1.64. The third-order valence-electron chi connectivity index (χ3n) is 4.23. The summed E-state index contributed by atoms with van der Waals surface area (Å²) in [6.45, 7) is 1.85. The number of sulfone groups is 1. The summed E-state index contributed by atoms with van der Waals surface area (Å²) >= 11 is 0. The summed E-state index contributed by atoms with van der Waals surface area (Å²) in [5.41, 5.74) is 2.09. The maximum Gasteiger partial charge on any atom is 0.268 e. The molecule has 1 aromatic heterocycles. The number of ether oxygens (including phenoxy) is 1. The molecule has 26 heavy (non-hydrogen) atoms. The first-order valence-corrected chi connectivity index (χ1v) is 9.95. The Bertz CT molecular complexity index is 1050. The smallest absolute Gasteiger partial charge is 0.268 e. The van der Waals surface area contributed by atoms with Gasteiger partial charge in [-0.3, -0.25) is 4.79 Å². The van der Waals surface area contributed by atoms with E-state index in [-0.39, 0.29) is 16.8 Å². The summed E-state index contributed by atoms with van der Waals surface area (Å²) in [4.78, 5) is 15.8. The minimum absolute atomic E-state index is 0.236. The molecule has 0 aliphatic carbocycles. The predicted octanol–water partition coefficient (Wildman–Crippen LogP) is 3.07. The molecule has 1 amide bonds. The van der Waals surface area contributed by atoms with Crippen molar-refractivity contribution in [3.05, 3.63) is 59.8 Å². The van der Waals surface area contributed by atoms with Crippen molar-refractivity contribution in [3.63, 3.8) is 0 Å². The number of amides is 1. The number of nitrogens with one attached hydrogen (secondary N) is 2. The van der Waals surface area contributed by atoms with Crippen LogP contribution in [0.4, 0.5) is 0 Å². The minimum atomic E-state index is -3.23. The molecule has 0 spiro atoms. The van der Waals surface area contributed by atoms with E-state index in [1.165, 1.54) is 0 Å². The summed E-state index contributed by atoms with van der Waals surface area (Å²) in [6, 6.07) is 13.6. The van der Waals surface area contributed by atoms with Crippen LogP contribution < -0.4 is 10.1 Å². The average molecular weight is 372 g/mol. The van der Waals surface area contributed by atoms with E-state index in [1.807, 2.05) is 25.1 Å². The van der Waals surface area contributed by atoms with Gasteiger partial charge in [-0.1, -0.05) is 12.1 Å². The zero-order valence-corrected chi connectivity index (χ0v) is 15.6. The van der Waals surface area contributed by atoms with Crippen molar-refractivity contribution >= 4 is 26.6 Å². The Kier molecular flexibility index (Phi) is 4.73. The van der Waals surface area contributed by atoms with Gasteiger partial charge in [-0.25, -0.2) is 8.42 Å². The fourth-order valence-electron chi connectivity index (χ4n) is 2.72. The Morgan fingerprint density at radius 1 is 1.12 bits per heavy atom. The van der Waals surface area contributed by atoms with E-state index in [1.54, 1.807) is 37.4 Å². The number of carbonyl (C=O) groups excluding carboxylic acids is 1. The lowest BCUT2D eigenvalue weighted by Gasteiger charge is -2.14. The first-order valence-electron chi connectivity index (χ1n) is 8.05. The third-order valence-corrected chi connectivity index (χ3v) is 5.36. The van der Waals surface area contributed by atoms with Crippen LogP contribution in [0.1, 0.15) is 29.0 Å². The van der Waals surface area contributed by atoms with Crippen LogP contribution in [0.5, 0.6) is 5.75 Å². The maximum absolute atomic E-state index is 12.5. The lowest BCUT2D eigenvalue weighted by Crippen LogP contribution is -2.26. The van der Waals surface area contributed by atoms with Gasteiger partial charge in [-0.05, 0) is 42.8 Å². The molecule has 6 nitrogen and oxygen atoms in total. The van der Waals surface area contributed by atoms with E-state index in [9.17, 15) is 13.2 Å². The standard InChI is InChI=1S/C19H20N2O4S/c1-12(13-5-8-16(9-6-13)26(3,23)24)20-19(22)18-10-14-4-7-15(25-2)11-17(14)21-18/h4-12,21H,1-3H3,(H,20,22)/t12-/m1/s1. The maximum atomic E-state index is 12.5. The number of H-pyrrole nitrogens is 1. The monoisotopic (exact) mass is 372 g/mol. The molecule has 0 saturated heterocycles. The lowest BCUT2D eigenvalue weighted by molar-refractivity contribution is 0.0935. The summed E-state index contributed by atoms with van der Waals surface area (Å²) in [6.07, 6.45) is 1.16. The van der Waals surface area contributed by atoms with Crippen molar-refractivity contribution in [2.75, 3.05) is 13.4 Å². The van der Waals surface area contributed by atoms with Crippen molar-refractivity contribution in [3.8, 4) is 5.75 Å². The quantitative estimate of drug-likeness (QED) is 0.720. The van der Waals surface area contributed by atoms with Crippen molar-refractivity contribution in [2.24, 2.45) is 0 Å². The van der Waals surface area contributed by atoms with Gasteiger partial charge in [0.15, 0.2) is 9.84 Å². The van der Waals surface area contributed by atoms with E-state index in [4.69, 9.17) is 4.74 Å². The van der Waals surface area contributed by atoms with E-state index in [2.05, 4.69) is 10.3 Å². The second-order valence-electron chi connectivity index (χ2n) is 6.17. The number of aromatic nitrogens is 1. The van der Waals surface area contributed by atoms with Crippen LogP contribution in [0, 0.1) is 0 Å². The average Bonchev–Trinajstić information content (AvgIpc) is 3.04. The highest BCUT2D eigenvalue weighted by Crippen LogP contribution is 2.22. The molecule has 1 heterocycles. The van der Waals surface area contributed by atoms with Crippen LogP contribution >= 0.6 is 0 Å². The molecule has 136 valence electrons. The molecular weight excluding hydrogens is 352 g/mol. The molecule has 0 saturated carbocycles. The molecule has 0 unspecified atom stereocenters. The highest BCUT2D eigenvalue weighted by Gasteiger charge is 2.15. The molecule has 2 aromatic carbocycles. The van der Waals surface area contributed by atoms with Crippen LogP contribution in [-0.2, 0) is 9.84 Å². The highest BCUT2D eigenvalue weighted by atomic mass is 32.2. The van der Waals surface area contributed by atoms with Crippen molar-refractivity contribution in [1.29, 1.82) is 0 Å². The number of benzene rings is 2. The number of rotatable bonds is 5. The first kappa shape index (κ1) is 18.0. The summed E-state index contributed by atoms with van der Waals surface area (Å²) in [5, 5.41) is 3.83. The van der Waals surface area contributed by atoms with Crippen LogP contribution in [0.25, 0.3) is 10.9 Å². The van der Waals surface area contributed by atoms with Crippen LogP contribution in [-0.4, -0.2) is 32.7 Å². The Balaban J connectivity index is 1.76. The summed E-state index contributed by atoms with van der Waals surface area (Å²) in [5.74, 6) is 0.477. The first-order chi connectivity index (χ1) is 12.3. The number of hydrogen-bond donors (Lipinski definition) is 2. The molecule has 0 bridgehead atoms. The number of hydrogen-bond acceptors (Lipinski definition) is 4. The lowest BCUT2D eigenvalue weighted by atomic mass is 10.1. The molecule has 1 atom stereocenters. The van der Waals surface area contributed by atoms with E-state index in [0.29, 0.717) is 11.4 Å². The van der Waals surface area contributed by atoms with Gasteiger partial charge in [0.2, 0.25) is 0 Å². The molecular formula is C19H20N2O4S. The SMILES string of the molecule is COc1ccc2cc(C(=O)N[C@H](C)c3ccc(S(C)(=O)=O)cc3)[nH]c2c1. The second-order valence-corrected chi connectivity index (χ2v) is 8.19. The van der Waals surface area contributed by atoms with Crippen LogP contribution in [0.2, 0.25) is 0 Å². The minimum Gasteiger partial charge on any atom is -0.497 e. The zero-order chi connectivity index (χ0) is 18.9. The Hall–Kier alpha value is -2.80. The van der Waals surface area contributed by atoms with Gasteiger partial charge in [-0.15, -0.1) is 0 Å². The highest BCUT2D eigenvalue weighted by molar-refractivity contribution is 7.90. The fourth-order valence-corrected chi connectivity index (χ4v) is 3.35. The number of carbonyl (C=O) groups is 1. The van der Waals surface area contributed by atoms with Gasteiger partial charge in [0.25, 0.3) is 5.91 Å². The van der Waals surface area contributed by atoms with Crippen molar-refractivity contribution in [2.45, 2.75) is 17.9 Å². The van der Waals surface area contributed by atoms with Gasteiger partial charge in [0.1, 0.15) is 11.4 Å². The molecule has 0 radical (unpaired) electrons. The van der Waals surface area contributed by atoms with Gasteiger partial charge in [-0.2, -0.15) is 0 Å².